The smallest absolute Gasteiger partial charge is 0.261 e. The van der Waals surface area contributed by atoms with Crippen LogP contribution in [0.4, 0.5) is 17.1 Å². The average molecular weight is 450 g/mol. The number of carbonyl (C=O) groups excluding carboxylic acids is 2. The van der Waals surface area contributed by atoms with Crippen LogP contribution in [0.2, 0.25) is 0 Å². The third kappa shape index (κ3) is 4.50. The van der Waals surface area contributed by atoms with E-state index in [0.717, 1.165) is 12.1 Å². The molecule has 0 atom stereocenters. The lowest BCUT2D eigenvalue weighted by Gasteiger charge is -2.16. The van der Waals surface area contributed by atoms with Gasteiger partial charge in [0.2, 0.25) is 5.91 Å². The highest BCUT2D eigenvalue weighted by Gasteiger charge is 2.22. The van der Waals surface area contributed by atoms with E-state index < -0.39 is 10.0 Å². The summed E-state index contributed by atoms with van der Waals surface area (Å²) in [4.78, 5) is 26.6. The fourth-order valence-corrected chi connectivity index (χ4v) is 4.78. The largest absolute Gasteiger partial charge is 0.322 e. The van der Waals surface area contributed by atoms with Gasteiger partial charge in [-0.15, -0.1) is 0 Å². The molecule has 0 radical (unpaired) electrons. The molecule has 3 aromatic carbocycles. The lowest BCUT2D eigenvalue weighted by atomic mass is 10.1. The Morgan fingerprint density at radius 2 is 1.66 bits per heavy atom. The van der Waals surface area contributed by atoms with Crippen molar-refractivity contribution in [3.8, 4) is 0 Å². The van der Waals surface area contributed by atoms with E-state index in [0.29, 0.717) is 35.5 Å². The highest BCUT2D eigenvalue weighted by molar-refractivity contribution is 7.92. The van der Waals surface area contributed by atoms with Crippen LogP contribution in [0.15, 0.2) is 77.7 Å². The van der Waals surface area contributed by atoms with E-state index in [1.54, 1.807) is 72.5 Å². The molecule has 2 amide bonds. The van der Waals surface area contributed by atoms with Gasteiger partial charge in [-0.25, -0.2) is 8.42 Å². The number of benzene rings is 3. The third-order valence-corrected chi connectivity index (χ3v) is 6.77. The molecule has 0 unspecified atom stereocenters. The summed E-state index contributed by atoms with van der Waals surface area (Å²) in [5.41, 5.74) is 2.60. The van der Waals surface area contributed by atoms with Crippen LogP contribution < -0.4 is 14.9 Å². The number of nitrogens with zero attached hydrogens (tertiary/aromatic N) is 1. The Hall–Kier alpha value is -3.65. The Morgan fingerprint density at radius 3 is 2.31 bits per heavy atom. The predicted molar refractivity (Wildman–Crippen MR) is 124 cm³/mol. The van der Waals surface area contributed by atoms with Crippen LogP contribution in [0.3, 0.4) is 0 Å². The number of nitrogens with one attached hydrogen (secondary N) is 2. The molecule has 3 aromatic rings. The molecule has 7 nitrogen and oxygen atoms in total. The first-order valence-corrected chi connectivity index (χ1v) is 11.7. The molecule has 0 bridgehead atoms. The second kappa shape index (κ2) is 8.84. The molecule has 0 aliphatic carbocycles. The molecule has 32 heavy (non-hydrogen) atoms. The van der Waals surface area contributed by atoms with Crippen molar-refractivity contribution in [2.45, 2.75) is 24.7 Å². The summed E-state index contributed by atoms with van der Waals surface area (Å²) in [5, 5.41) is 2.83. The van der Waals surface area contributed by atoms with Crippen LogP contribution in [0, 0.1) is 6.92 Å². The lowest BCUT2D eigenvalue weighted by molar-refractivity contribution is -0.117. The Bertz CT molecular complexity index is 1260. The Morgan fingerprint density at radius 1 is 0.938 bits per heavy atom. The molecule has 0 saturated carbocycles. The molecule has 1 aliphatic heterocycles. The molecule has 1 heterocycles. The Kier molecular flexibility index (Phi) is 5.96. The van der Waals surface area contributed by atoms with E-state index in [1.807, 2.05) is 0 Å². The number of hydrogen-bond donors (Lipinski definition) is 2. The summed E-state index contributed by atoms with van der Waals surface area (Å²) in [6.45, 7) is 2.40. The average Bonchev–Trinajstić information content (AvgIpc) is 3.22. The van der Waals surface area contributed by atoms with Gasteiger partial charge in [0, 0.05) is 29.9 Å². The van der Waals surface area contributed by atoms with Crippen LogP contribution in [-0.2, 0) is 14.8 Å². The van der Waals surface area contributed by atoms with Gasteiger partial charge in [0.05, 0.1) is 10.6 Å². The highest BCUT2D eigenvalue weighted by Crippen LogP contribution is 2.25. The van der Waals surface area contributed by atoms with Crippen molar-refractivity contribution in [1.29, 1.82) is 0 Å². The van der Waals surface area contributed by atoms with E-state index in [-0.39, 0.29) is 16.7 Å². The van der Waals surface area contributed by atoms with Crippen LogP contribution in [0.1, 0.15) is 28.8 Å². The van der Waals surface area contributed by atoms with Crippen LogP contribution >= 0.6 is 0 Å². The zero-order valence-electron chi connectivity index (χ0n) is 17.5. The number of rotatable bonds is 6. The number of anilines is 3. The minimum atomic E-state index is -3.77. The van der Waals surface area contributed by atoms with Gasteiger partial charge in [-0.1, -0.05) is 24.3 Å². The van der Waals surface area contributed by atoms with Gasteiger partial charge in [-0.05, 0) is 67.4 Å². The first-order valence-electron chi connectivity index (χ1n) is 10.2. The van der Waals surface area contributed by atoms with Gasteiger partial charge >= 0.3 is 0 Å². The molecular formula is C24H23N3O4S. The highest BCUT2D eigenvalue weighted by atomic mass is 32.2. The lowest BCUT2D eigenvalue weighted by Crippen LogP contribution is -2.23. The monoisotopic (exact) mass is 449 g/mol. The summed E-state index contributed by atoms with van der Waals surface area (Å²) in [7, 11) is -3.77. The van der Waals surface area contributed by atoms with E-state index in [2.05, 4.69) is 10.0 Å². The minimum absolute atomic E-state index is 0.104. The van der Waals surface area contributed by atoms with E-state index in [1.165, 1.54) is 12.1 Å². The van der Waals surface area contributed by atoms with Gasteiger partial charge < -0.3 is 10.2 Å². The number of sulfonamides is 1. The summed E-state index contributed by atoms with van der Waals surface area (Å²) >= 11 is 0. The molecule has 1 aliphatic rings. The molecule has 0 aromatic heterocycles. The third-order valence-electron chi connectivity index (χ3n) is 5.39. The van der Waals surface area contributed by atoms with Crippen molar-refractivity contribution in [3.63, 3.8) is 0 Å². The zero-order valence-corrected chi connectivity index (χ0v) is 18.4. The van der Waals surface area contributed by atoms with E-state index >= 15 is 0 Å². The number of carbonyl (C=O) groups is 2. The van der Waals surface area contributed by atoms with Crippen molar-refractivity contribution < 1.29 is 18.0 Å². The maximum atomic E-state index is 12.9. The summed E-state index contributed by atoms with van der Waals surface area (Å²) in [6, 6.07) is 20.0. The summed E-state index contributed by atoms with van der Waals surface area (Å²) in [6.07, 6.45) is 1.41. The fraction of sp³-hybridized carbons (Fsp3) is 0.167. The second-order valence-corrected chi connectivity index (χ2v) is 9.23. The fourth-order valence-electron chi connectivity index (χ4n) is 3.64. The predicted octanol–water partition coefficient (Wildman–Crippen LogP) is 4.17. The Labute approximate surface area is 187 Å². The van der Waals surface area contributed by atoms with Crippen molar-refractivity contribution in [3.05, 3.63) is 83.9 Å². The SMILES string of the molecule is Cc1c(NS(=O)(=O)c2ccccc2)cccc1C(=O)Nc1ccc(N2CCCC2=O)cc1. The van der Waals surface area contributed by atoms with Crippen LogP contribution in [-0.4, -0.2) is 26.8 Å². The topological polar surface area (TPSA) is 95.6 Å². The molecule has 2 N–H and O–H groups in total. The number of hydrogen-bond acceptors (Lipinski definition) is 4. The zero-order chi connectivity index (χ0) is 22.7. The van der Waals surface area contributed by atoms with Gasteiger partial charge in [0.15, 0.2) is 0 Å². The maximum absolute atomic E-state index is 12.9. The number of amides is 2. The van der Waals surface area contributed by atoms with Gasteiger partial charge in [0.25, 0.3) is 15.9 Å². The van der Waals surface area contributed by atoms with Gasteiger partial charge in [0.1, 0.15) is 0 Å². The summed E-state index contributed by atoms with van der Waals surface area (Å²) in [5.74, 6) is -0.250. The Balaban J connectivity index is 1.50. The van der Waals surface area contributed by atoms with Gasteiger partial charge in [-0.3, -0.25) is 14.3 Å². The van der Waals surface area contributed by atoms with Crippen molar-refractivity contribution >= 4 is 38.9 Å². The van der Waals surface area contributed by atoms with Crippen molar-refractivity contribution in [2.24, 2.45) is 0 Å². The van der Waals surface area contributed by atoms with Crippen molar-refractivity contribution in [1.82, 2.24) is 0 Å². The molecule has 1 fully saturated rings. The molecular weight excluding hydrogens is 426 g/mol. The van der Waals surface area contributed by atoms with Crippen molar-refractivity contribution in [2.75, 3.05) is 21.5 Å². The normalized spacial score (nSPS) is 13.8. The van der Waals surface area contributed by atoms with E-state index in [9.17, 15) is 18.0 Å². The van der Waals surface area contributed by atoms with Crippen LogP contribution in [0.5, 0.6) is 0 Å². The van der Waals surface area contributed by atoms with E-state index in [4.69, 9.17) is 0 Å². The summed E-state index contributed by atoms with van der Waals surface area (Å²) < 4.78 is 27.9. The molecule has 1 saturated heterocycles. The maximum Gasteiger partial charge on any atom is 0.261 e. The minimum Gasteiger partial charge on any atom is -0.322 e. The molecule has 164 valence electrons. The first kappa shape index (κ1) is 21.6. The molecule has 8 heteroatoms. The molecule has 0 spiro atoms. The van der Waals surface area contributed by atoms with Gasteiger partial charge in [-0.2, -0.15) is 0 Å². The molecule has 4 rings (SSSR count). The quantitative estimate of drug-likeness (QED) is 0.590. The first-order chi connectivity index (χ1) is 15.3. The standard InChI is InChI=1S/C24H23N3O4S/c1-17-21(9-5-10-22(17)26-32(30,31)20-7-3-2-4-8-20)24(29)25-18-12-14-19(15-13-18)27-16-6-11-23(27)28/h2-5,7-10,12-15,26H,6,11,16H2,1H3,(H,25,29). The second-order valence-electron chi connectivity index (χ2n) is 7.55. The van der Waals surface area contributed by atoms with Crippen LogP contribution in [0.25, 0.3) is 0 Å².